The van der Waals surface area contributed by atoms with Crippen molar-refractivity contribution in [1.82, 2.24) is 10.2 Å². The molecule has 0 unspecified atom stereocenters. The molecule has 1 aromatic heterocycles. The number of aliphatic hydroxyl groups is 1. The fourth-order valence-corrected chi connectivity index (χ4v) is 3.69. The van der Waals surface area contributed by atoms with Gasteiger partial charge in [-0.2, -0.15) is 0 Å². The molecule has 0 aliphatic heterocycles. The van der Waals surface area contributed by atoms with Crippen molar-refractivity contribution < 1.29 is 24.2 Å². The number of fused-ring (bicyclic) bond motifs is 1. The Hall–Kier alpha value is -2.87. The largest absolute Gasteiger partial charge is 0.469 e. The molecule has 0 bridgehead atoms. The Morgan fingerprint density at radius 1 is 1.15 bits per heavy atom. The van der Waals surface area contributed by atoms with E-state index in [0.29, 0.717) is 22.4 Å². The SMILES string of the molecule is COC(=O)c1ccc([C@H]2c3c([nH][nH]c3=O)C[C@@](C)(O)[C@H]2C(=O)OC)cc1. The molecule has 0 radical (unpaired) electrons. The average molecular weight is 360 g/mol. The van der Waals surface area contributed by atoms with E-state index in [1.54, 1.807) is 31.2 Å². The van der Waals surface area contributed by atoms with Gasteiger partial charge in [-0.3, -0.25) is 14.7 Å². The van der Waals surface area contributed by atoms with E-state index >= 15 is 0 Å². The predicted octanol–water partition coefficient (Wildman–Crippen LogP) is 0.718. The number of nitrogens with one attached hydrogen (secondary N) is 2. The maximum Gasteiger partial charge on any atom is 0.337 e. The first-order valence-electron chi connectivity index (χ1n) is 8.08. The normalized spacial score (nSPS) is 24.6. The van der Waals surface area contributed by atoms with Crippen molar-refractivity contribution in [1.29, 1.82) is 0 Å². The van der Waals surface area contributed by atoms with Crippen LogP contribution >= 0.6 is 0 Å². The lowest BCUT2D eigenvalue weighted by Gasteiger charge is -2.40. The van der Waals surface area contributed by atoms with Crippen LogP contribution in [0.3, 0.4) is 0 Å². The van der Waals surface area contributed by atoms with Crippen molar-refractivity contribution >= 4 is 11.9 Å². The van der Waals surface area contributed by atoms with Crippen LogP contribution in [0.15, 0.2) is 29.1 Å². The average Bonchev–Trinajstić information content (AvgIpc) is 2.98. The maximum absolute atomic E-state index is 12.5. The van der Waals surface area contributed by atoms with Crippen LogP contribution in [0, 0.1) is 5.92 Å². The summed E-state index contributed by atoms with van der Waals surface area (Å²) < 4.78 is 9.57. The minimum Gasteiger partial charge on any atom is -0.469 e. The molecule has 0 amide bonds. The number of H-pyrrole nitrogens is 2. The molecule has 8 nitrogen and oxygen atoms in total. The summed E-state index contributed by atoms with van der Waals surface area (Å²) in [6, 6.07) is 6.40. The summed E-state index contributed by atoms with van der Waals surface area (Å²) in [6.07, 6.45) is 0.109. The van der Waals surface area contributed by atoms with Crippen LogP contribution in [0.1, 0.15) is 40.0 Å². The van der Waals surface area contributed by atoms with E-state index in [1.807, 2.05) is 0 Å². The number of hydrogen-bond donors (Lipinski definition) is 3. The molecule has 0 saturated heterocycles. The van der Waals surface area contributed by atoms with Crippen LogP contribution in [-0.2, 0) is 20.7 Å². The monoisotopic (exact) mass is 360 g/mol. The lowest BCUT2D eigenvalue weighted by Crippen LogP contribution is -2.49. The van der Waals surface area contributed by atoms with E-state index in [1.165, 1.54) is 14.2 Å². The second-order valence-corrected chi connectivity index (χ2v) is 6.60. The van der Waals surface area contributed by atoms with Crippen LogP contribution < -0.4 is 5.56 Å². The third-order valence-electron chi connectivity index (χ3n) is 4.89. The predicted molar refractivity (Wildman–Crippen MR) is 90.9 cm³/mol. The van der Waals surface area contributed by atoms with E-state index in [9.17, 15) is 19.5 Å². The number of rotatable bonds is 3. The first-order valence-corrected chi connectivity index (χ1v) is 8.08. The Morgan fingerprint density at radius 3 is 2.38 bits per heavy atom. The van der Waals surface area contributed by atoms with Gasteiger partial charge in [0.25, 0.3) is 5.56 Å². The number of hydrogen-bond acceptors (Lipinski definition) is 6. The number of aromatic nitrogens is 2. The quantitative estimate of drug-likeness (QED) is 0.694. The molecular weight excluding hydrogens is 340 g/mol. The molecule has 1 aliphatic carbocycles. The number of carbonyl (C=O) groups is 2. The summed E-state index contributed by atoms with van der Waals surface area (Å²) in [5.74, 6) is -2.79. The molecule has 1 aromatic carbocycles. The van der Waals surface area contributed by atoms with Crippen LogP contribution in [0.25, 0.3) is 0 Å². The van der Waals surface area contributed by atoms with E-state index in [0.717, 1.165) is 0 Å². The number of methoxy groups -OCH3 is 2. The van der Waals surface area contributed by atoms with Gasteiger partial charge in [0, 0.05) is 23.6 Å². The highest BCUT2D eigenvalue weighted by molar-refractivity contribution is 5.89. The first kappa shape index (κ1) is 17.9. The Kier molecular flexibility index (Phi) is 4.45. The molecule has 0 fully saturated rings. The van der Waals surface area contributed by atoms with Gasteiger partial charge in [-0.15, -0.1) is 0 Å². The number of ether oxygens (including phenoxy) is 2. The third kappa shape index (κ3) is 2.82. The summed E-state index contributed by atoms with van der Waals surface area (Å²) in [5, 5.41) is 16.2. The van der Waals surface area contributed by atoms with Gasteiger partial charge in [-0.1, -0.05) is 12.1 Å². The summed E-state index contributed by atoms with van der Waals surface area (Å²) >= 11 is 0. The van der Waals surface area contributed by atoms with Crippen molar-refractivity contribution in [2.75, 3.05) is 14.2 Å². The minimum atomic E-state index is -1.42. The molecule has 3 atom stereocenters. The summed E-state index contributed by atoms with van der Waals surface area (Å²) in [4.78, 5) is 36.4. The van der Waals surface area contributed by atoms with Gasteiger partial charge in [-0.25, -0.2) is 4.79 Å². The molecule has 0 saturated carbocycles. The lowest BCUT2D eigenvalue weighted by atomic mass is 9.66. The van der Waals surface area contributed by atoms with Crippen molar-refractivity contribution in [3.8, 4) is 0 Å². The Balaban J connectivity index is 2.16. The molecule has 0 spiro atoms. The summed E-state index contributed by atoms with van der Waals surface area (Å²) in [5.41, 5.74) is 0.110. The van der Waals surface area contributed by atoms with E-state index in [2.05, 4.69) is 14.9 Å². The second-order valence-electron chi connectivity index (χ2n) is 6.60. The van der Waals surface area contributed by atoms with E-state index < -0.39 is 29.4 Å². The summed E-state index contributed by atoms with van der Waals surface area (Å²) in [7, 11) is 2.53. The van der Waals surface area contributed by atoms with Gasteiger partial charge >= 0.3 is 11.9 Å². The van der Waals surface area contributed by atoms with Gasteiger partial charge < -0.3 is 19.7 Å². The number of aromatic amines is 2. The van der Waals surface area contributed by atoms with Crippen LogP contribution in [0.4, 0.5) is 0 Å². The highest BCUT2D eigenvalue weighted by Crippen LogP contribution is 2.44. The highest BCUT2D eigenvalue weighted by Gasteiger charge is 2.51. The van der Waals surface area contributed by atoms with Crippen LogP contribution in [0.5, 0.6) is 0 Å². The van der Waals surface area contributed by atoms with Gasteiger partial charge in [-0.05, 0) is 24.6 Å². The zero-order valence-electron chi connectivity index (χ0n) is 14.7. The van der Waals surface area contributed by atoms with Crippen molar-refractivity contribution in [3.05, 3.63) is 57.0 Å². The minimum absolute atomic E-state index is 0.109. The van der Waals surface area contributed by atoms with E-state index in [-0.39, 0.29) is 12.0 Å². The Bertz CT molecular complexity index is 893. The van der Waals surface area contributed by atoms with Crippen molar-refractivity contribution in [2.45, 2.75) is 24.9 Å². The molecule has 26 heavy (non-hydrogen) atoms. The van der Waals surface area contributed by atoms with Gasteiger partial charge in [0.05, 0.1) is 31.3 Å². The molecular formula is C18H20N2O6. The van der Waals surface area contributed by atoms with Gasteiger partial charge in [0.2, 0.25) is 0 Å². The summed E-state index contributed by atoms with van der Waals surface area (Å²) in [6.45, 7) is 1.54. The standard InChI is InChI=1S/C18H20N2O6/c1-18(24)8-11-13(15(21)20-19-11)12(14(18)17(23)26-3)9-4-6-10(7-5-9)16(22)25-2/h4-7,12,14,24H,8H2,1-3H3,(H2,19,20,21)/t12-,14+,18+/m0/s1. The smallest absolute Gasteiger partial charge is 0.337 e. The van der Waals surface area contributed by atoms with Crippen molar-refractivity contribution in [3.63, 3.8) is 0 Å². The van der Waals surface area contributed by atoms with Gasteiger partial charge in [0.15, 0.2) is 0 Å². The zero-order chi connectivity index (χ0) is 19.1. The van der Waals surface area contributed by atoms with E-state index in [4.69, 9.17) is 4.74 Å². The fourth-order valence-electron chi connectivity index (χ4n) is 3.69. The molecule has 2 aromatic rings. The topological polar surface area (TPSA) is 121 Å². The zero-order valence-corrected chi connectivity index (χ0v) is 14.7. The molecule has 138 valence electrons. The number of benzene rings is 1. The molecule has 1 heterocycles. The first-order chi connectivity index (χ1) is 12.3. The Morgan fingerprint density at radius 2 is 1.81 bits per heavy atom. The molecule has 3 rings (SSSR count). The number of esters is 2. The second kappa shape index (κ2) is 6.45. The molecule has 8 heteroatoms. The van der Waals surface area contributed by atoms with Crippen LogP contribution in [-0.4, -0.2) is 47.1 Å². The van der Waals surface area contributed by atoms with Crippen LogP contribution in [0.2, 0.25) is 0 Å². The lowest BCUT2D eigenvalue weighted by molar-refractivity contribution is -0.156. The van der Waals surface area contributed by atoms with Gasteiger partial charge in [0.1, 0.15) is 0 Å². The number of carbonyl (C=O) groups excluding carboxylic acids is 2. The maximum atomic E-state index is 12.5. The molecule has 3 N–H and O–H groups in total. The van der Waals surface area contributed by atoms with Crippen molar-refractivity contribution in [2.24, 2.45) is 5.92 Å². The fraction of sp³-hybridized carbons (Fsp3) is 0.389. The molecule has 1 aliphatic rings. The third-order valence-corrected chi connectivity index (χ3v) is 4.89. The Labute approximate surface area is 149 Å². The highest BCUT2D eigenvalue weighted by atomic mass is 16.5.